The van der Waals surface area contributed by atoms with Gasteiger partial charge in [0.05, 0.1) is 0 Å². The summed E-state index contributed by atoms with van der Waals surface area (Å²) >= 11 is 0. The molecule has 1 atom stereocenters. The van der Waals surface area contributed by atoms with Gasteiger partial charge in [-0.25, -0.2) is 4.39 Å². The molecule has 1 aliphatic rings. The maximum absolute atomic E-state index is 14.3. The molecule has 0 aromatic heterocycles. The minimum atomic E-state index is -1.80. The molecule has 6 heteroatoms. The summed E-state index contributed by atoms with van der Waals surface area (Å²) in [6.45, 7) is 11.5. The molecule has 0 heterocycles. The number of nitrogens with two attached hydrogens (primary N) is 1. The number of halogens is 1. The van der Waals surface area contributed by atoms with E-state index >= 15 is 0 Å². The molecular weight excluding hydrogens is 325 g/mol. The summed E-state index contributed by atoms with van der Waals surface area (Å²) in [5.74, 6) is -0.204. The van der Waals surface area contributed by atoms with E-state index in [0.29, 0.717) is 18.8 Å². The maximum atomic E-state index is 14.3. The Labute approximate surface area is 144 Å². The van der Waals surface area contributed by atoms with Gasteiger partial charge in [-0.1, -0.05) is 20.8 Å². The summed E-state index contributed by atoms with van der Waals surface area (Å²) in [5, 5.41) is 0.166. The van der Waals surface area contributed by atoms with E-state index in [-0.39, 0.29) is 23.4 Å². The summed E-state index contributed by atoms with van der Waals surface area (Å²) in [6.07, 6.45) is 1.46. The summed E-state index contributed by atoms with van der Waals surface area (Å²) in [5.41, 5.74) is 6.74. The van der Waals surface area contributed by atoms with Crippen LogP contribution >= 0.6 is 0 Å². The van der Waals surface area contributed by atoms with Crippen molar-refractivity contribution in [3.8, 4) is 5.75 Å². The SMILES string of the molecule is CC(C)(C)[Si](C)(C)OCC1Cc2cc(OCC(N)=O)cc(F)c2C1. The lowest BCUT2D eigenvalue weighted by atomic mass is 10.1. The summed E-state index contributed by atoms with van der Waals surface area (Å²) in [6, 6.07) is 3.15. The number of carbonyl (C=O) groups is 1. The van der Waals surface area contributed by atoms with Crippen molar-refractivity contribution in [1.82, 2.24) is 0 Å². The molecule has 1 aliphatic carbocycles. The van der Waals surface area contributed by atoms with E-state index in [9.17, 15) is 9.18 Å². The summed E-state index contributed by atoms with van der Waals surface area (Å²) < 4.78 is 25.8. The highest BCUT2D eigenvalue weighted by Crippen LogP contribution is 2.38. The predicted octanol–water partition coefficient (Wildman–Crippen LogP) is 3.43. The highest BCUT2D eigenvalue weighted by Gasteiger charge is 2.38. The van der Waals surface area contributed by atoms with E-state index in [1.54, 1.807) is 0 Å². The zero-order chi connectivity index (χ0) is 18.1. The standard InChI is InChI=1S/C18H28FNO3Si/c1-18(2,3)24(4,5)23-10-12-6-13-8-14(22-11-17(20)21)9-16(19)15(13)7-12/h8-9,12H,6-7,10-11H2,1-5H3,(H2,20,21). The third kappa shape index (κ3) is 4.36. The predicted molar refractivity (Wildman–Crippen MR) is 95.1 cm³/mol. The van der Waals surface area contributed by atoms with Gasteiger partial charge in [0.15, 0.2) is 14.9 Å². The third-order valence-corrected chi connectivity index (χ3v) is 9.63. The van der Waals surface area contributed by atoms with Gasteiger partial charge in [-0.15, -0.1) is 0 Å². The third-order valence-electron chi connectivity index (χ3n) is 5.13. The van der Waals surface area contributed by atoms with Crippen LogP contribution in [-0.2, 0) is 22.1 Å². The fraction of sp³-hybridized carbons (Fsp3) is 0.611. The molecule has 1 amide bonds. The smallest absolute Gasteiger partial charge is 0.255 e. The molecular formula is C18H28FNO3Si. The average Bonchev–Trinajstić information content (AvgIpc) is 2.85. The first kappa shape index (κ1) is 18.9. The second kappa shape index (κ2) is 6.84. The number of ether oxygens (including phenoxy) is 1. The summed E-state index contributed by atoms with van der Waals surface area (Å²) in [4.78, 5) is 10.8. The topological polar surface area (TPSA) is 61.6 Å². The second-order valence-electron chi connectivity index (χ2n) is 8.14. The van der Waals surface area contributed by atoms with Gasteiger partial charge in [-0.2, -0.15) is 0 Å². The van der Waals surface area contributed by atoms with Crippen LogP contribution in [0.1, 0.15) is 31.9 Å². The lowest BCUT2D eigenvalue weighted by molar-refractivity contribution is -0.119. The Morgan fingerprint density at radius 2 is 2.00 bits per heavy atom. The van der Waals surface area contributed by atoms with Crippen LogP contribution in [0.4, 0.5) is 4.39 Å². The lowest BCUT2D eigenvalue weighted by Crippen LogP contribution is -2.42. The molecule has 1 aromatic carbocycles. The van der Waals surface area contributed by atoms with Crippen molar-refractivity contribution in [3.63, 3.8) is 0 Å². The van der Waals surface area contributed by atoms with Gasteiger partial charge < -0.3 is 14.9 Å². The Kier molecular flexibility index (Phi) is 5.40. The van der Waals surface area contributed by atoms with Crippen molar-refractivity contribution in [3.05, 3.63) is 29.1 Å². The van der Waals surface area contributed by atoms with Crippen molar-refractivity contribution in [1.29, 1.82) is 0 Å². The molecule has 2 N–H and O–H groups in total. The molecule has 4 nitrogen and oxygen atoms in total. The first-order chi connectivity index (χ1) is 11.0. The Bertz CT molecular complexity index is 625. The van der Waals surface area contributed by atoms with E-state index in [4.69, 9.17) is 14.9 Å². The van der Waals surface area contributed by atoms with Crippen LogP contribution in [0.25, 0.3) is 0 Å². The fourth-order valence-electron chi connectivity index (χ4n) is 2.65. The number of hydrogen-bond donors (Lipinski definition) is 1. The minimum absolute atomic E-state index is 0.166. The molecule has 0 spiro atoms. The zero-order valence-corrected chi connectivity index (χ0v) is 16.2. The monoisotopic (exact) mass is 353 g/mol. The molecule has 1 aromatic rings. The first-order valence-electron chi connectivity index (χ1n) is 8.36. The highest BCUT2D eigenvalue weighted by atomic mass is 28.4. The van der Waals surface area contributed by atoms with Crippen LogP contribution in [0.2, 0.25) is 18.1 Å². The number of amides is 1. The second-order valence-corrected chi connectivity index (χ2v) is 13.0. The molecule has 0 radical (unpaired) electrons. The van der Waals surface area contributed by atoms with Gasteiger partial charge in [-0.05, 0) is 54.1 Å². The van der Waals surface area contributed by atoms with Crippen LogP contribution in [0.3, 0.4) is 0 Å². The number of fused-ring (bicyclic) bond motifs is 1. The Morgan fingerprint density at radius 3 is 2.58 bits per heavy atom. The van der Waals surface area contributed by atoms with Gasteiger partial charge in [0.25, 0.3) is 5.91 Å². The number of rotatable bonds is 6. The number of carbonyl (C=O) groups excluding carboxylic acids is 1. The van der Waals surface area contributed by atoms with E-state index in [1.807, 2.05) is 6.07 Å². The van der Waals surface area contributed by atoms with Gasteiger partial charge in [0.1, 0.15) is 11.6 Å². The van der Waals surface area contributed by atoms with Crippen molar-refractivity contribution < 1.29 is 18.3 Å². The van der Waals surface area contributed by atoms with E-state index in [1.165, 1.54) is 6.07 Å². The summed E-state index contributed by atoms with van der Waals surface area (Å²) in [7, 11) is -1.80. The molecule has 134 valence electrons. The van der Waals surface area contributed by atoms with Gasteiger partial charge in [-0.3, -0.25) is 4.79 Å². The van der Waals surface area contributed by atoms with Crippen molar-refractivity contribution in [2.24, 2.45) is 11.7 Å². The van der Waals surface area contributed by atoms with Crippen molar-refractivity contribution in [2.45, 2.75) is 51.7 Å². The van der Waals surface area contributed by atoms with E-state index in [2.05, 4.69) is 33.9 Å². The lowest BCUT2D eigenvalue weighted by Gasteiger charge is -2.37. The quantitative estimate of drug-likeness (QED) is 0.797. The van der Waals surface area contributed by atoms with Gasteiger partial charge in [0, 0.05) is 12.7 Å². The van der Waals surface area contributed by atoms with Crippen LogP contribution < -0.4 is 10.5 Å². The number of hydrogen-bond acceptors (Lipinski definition) is 3. The first-order valence-corrected chi connectivity index (χ1v) is 11.3. The maximum Gasteiger partial charge on any atom is 0.255 e. The molecule has 24 heavy (non-hydrogen) atoms. The van der Waals surface area contributed by atoms with E-state index < -0.39 is 14.2 Å². The van der Waals surface area contributed by atoms with Crippen molar-refractivity contribution in [2.75, 3.05) is 13.2 Å². The van der Waals surface area contributed by atoms with Crippen LogP contribution in [0.15, 0.2) is 12.1 Å². The largest absolute Gasteiger partial charge is 0.484 e. The van der Waals surface area contributed by atoms with Crippen LogP contribution in [0.5, 0.6) is 5.75 Å². The molecule has 2 rings (SSSR count). The molecule has 0 fully saturated rings. The molecule has 0 saturated heterocycles. The van der Waals surface area contributed by atoms with Gasteiger partial charge >= 0.3 is 0 Å². The van der Waals surface area contributed by atoms with Gasteiger partial charge in [0.2, 0.25) is 0 Å². The average molecular weight is 354 g/mol. The van der Waals surface area contributed by atoms with Crippen LogP contribution in [0, 0.1) is 11.7 Å². The zero-order valence-electron chi connectivity index (χ0n) is 15.2. The minimum Gasteiger partial charge on any atom is -0.484 e. The Hall–Kier alpha value is -1.40. The highest BCUT2D eigenvalue weighted by molar-refractivity contribution is 6.74. The van der Waals surface area contributed by atoms with E-state index in [0.717, 1.165) is 17.5 Å². The fourth-order valence-corrected chi connectivity index (χ4v) is 3.73. The molecule has 0 saturated carbocycles. The number of primary amides is 1. The Balaban J connectivity index is 2.01. The number of benzene rings is 1. The normalized spacial score (nSPS) is 17.7. The Morgan fingerprint density at radius 1 is 1.33 bits per heavy atom. The molecule has 1 unspecified atom stereocenters. The molecule has 0 aliphatic heterocycles. The van der Waals surface area contributed by atoms with Crippen LogP contribution in [-0.4, -0.2) is 27.4 Å². The van der Waals surface area contributed by atoms with Crippen molar-refractivity contribution >= 4 is 14.2 Å². The molecule has 0 bridgehead atoms.